The summed E-state index contributed by atoms with van der Waals surface area (Å²) >= 11 is 0. The largest absolute Gasteiger partial charge is 0.508 e. The van der Waals surface area contributed by atoms with Crippen LogP contribution in [0.15, 0.2) is 36.8 Å². The molecule has 188 valence electrons. The van der Waals surface area contributed by atoms with Crippen LogP contribution in [0.25, 0.3) is 0 Å². The van der Waals surface area contributed by atoms with E-state index in [0.717, 1.165) is 0 Å². The van der Waals surface area contributed by atoms with Gasteiger partial charge in [0.25, 0.3) is 0 Å². The number of imidazole rings is 1. The minimum absolute atomic E-state index is 0.000650. The highest BCUT2D eigenvalue weighted by atomic mass is 16.4. The minimum atomic E-state index is -1.31. The van der Waals surface area contributed by atoms with Gasteiger partial charge in [0.15, 0.2) is 0 Å². The fourth-order valence-corrected chi connectivity index (χ4v) is 3.02. The third-order valence-corrected chi connectivity index (χ3v) is 4.80. The second-order valence-corrected chi connectivity index (χ2v) is 7.67. The molecule has 0 saturated carbocycles. The van der Waals surface area contributed by atoms with Crippen LogP contribution in [0, 0.1) is 0 Å². The number of aromatic amines is 1. The number of hydrogen-bond donors (Lipinski definition) is 8. The maximum atomic E-state index is 12.9. The van der Waals surface area contributed by atoms with Crippen LogP contribution in [0.1, 0.15) is 17.7 Å². The van der Waals surface area contributed by atoms with Crippen molar-refractivity contribution >= 4 is 29.6 Å². The molecule has 14 nitrogen and oxygen atoms in total. The van der Waals surface area contributed by atoms with Gasteiger partial charge in [0.2, 0.25) is 23.6 Å². The summed E-state index contributed by atoms with van der Waals surface area (Å²) in [6.07, 6.45) is 2.27. The molecule has 2 aromatic rings. The van der Waals surface area contributed by atoms with Gasteiger partial charge in [-0.25, -0.2) is 9.78 Å². The topological polar surface area (TPSA) is 243 Å². The van der Waals surface area contributed by atoms with Gasteiger partial charge < -0.3 is 42.6 Å². The molecule has 10 N–H and O–H groups in total. The third kappa shape index (κ3) is 9.13. The maximum absolute atomic E-state index is 12.9. The molecule has 35 heavy (non-hydrogen) atoms. The number of amides is 4. The van der Waals surface area contributed by atoms with Crippen molar-refractivity contribution in [3.8, 4) is 5.75 Å². The first kappa shape index (κ1) is 26.8. The summed E-state index contributed by atoms with van der Waals surface area (Å²) in [5.41, 5.74) is 11.5. The smallest absolute Gasteiger partial charge is 0.326 e. The van der Waals surface area contributed by atoms with Crippen molar-refractivity contribution in [3.63, 3.8) is 0 Å². The number of carboxylic acids is 1. The molecule has 0 aliphatic heterocycles. The van der Waals surface area contributed by atoms with Crippen LogP contribution in [0.4, 0.5) is 0 Å². The SMILES string of the molecule is NC(=O)CC(N)C(=O)NCC(=O)NC(Cc1ccc(O)cc1)C(=O)NC(Cc1cnc[nH]1)C(=O)O. The van der Waals surface area contributed by atoms with Crippen LogP contribution in [-0.2, 0) is 36.8 Å². The van der Waals surface area contributed by atoms with E-state index in [1.807, 2.05) is 0 Å². The van der Waals surface area contributed by atoms with E-state index in [1.54, 1.807) is 0 Å². The maximum Gasteiger partial charge on any atom is 0.326 e. The van der Waals surface area contributed by atoms with Crippen molar-refractivity contribution in [2.45, 2.75) is 37.4 Å². The molecule has 0 fully saturated rings. The van der Waals surface area contributed by atoms with E-state index in [2.05, 4.69) is 25.9 Å². The Bertz CT molecular complexity index is 1040. The number of aliphatic carboxylic acids is 1. The number of nitrogens with one attached hydrogen (secondary N) is 4. The van der Waals surface area contributed by atoms with Gasteiger partial charge in [0.05, 0.1) is 25.3 Å². The van der Waals surface area contributed by atoms with E-state index >= 15 is 0 Å². The van der Waals surface area contributed by atoms with E-state index in [9.17, 15) is 34.2 Å². The molecule has 4 amide bonds. The Labute approximate surface area is 199 Å². The normalized spacial score (nSPS) is 13.2. The van der Waals surface area contributed by atoms with E-state index in [4.69, 9.17) is 11.5 Å². The number of aromatic hydroxyl groups is 1. The highest BCUT2D eigenvalue weighted by molar-refractivity contribution is 5.93. The molecule has 1 aromatic carbocycles. The van der Waals surface area contributed by atoms with Crippen LogP contribution < -0.4 is 27.4 Å². The average Bonchev–Trinajstić information content (AvgIpc) is 3.30. The fourth-order valence-electron chi connectivity index (χ4n) is 3.02. The van der Waals surface area contributed by atoms with Crippen LogP contribution in [-0.4, -0.2) is 74.4 Å². The Hall–Kier alpha value is -4.46. The van der Waals surface area contributed by atoms with Crippen molar-refractivity contribution in [1.82, 2.24) is 25.9 Å². The van der Waals surface area contributed by atoms with Gasteiger partial charge in [-0.2, -0.15) is 0 Å². The van der Waals surface area contributed by atoms with Crippen molar-refractivity contribution < 1.29 is 34.2 Å². The van der Waals surface area contributed by atoms with Crippen molar-refractivity contribution in [2.24, 2.45) is 11.5 Å². The molecule has 14 heteroatoms. The highest BCUT2D eigenvalue weighted by Crippen LogP contribution is 2.12. The zero-order chi connectivity index (χ0) is 26.0. The second kappa shape index (κ2) is 12.7. The first-order chi connectivity index (χ1) is 16.5. The van der Waals surface area contributed by atoms with Gasteiger partial charge in [-0.05, 0) is 17.7 Å². The molecular formula is C21H27N7O7. The number of aromatic nitrogens is 2. The third-order valence-electron chi connectivity index (χ3n) is 4.80. The van der Waals surface area contributed by atoms with Crippen molar-refractivity contribution in [3.05, 3.63) is 48.0 Å². The number of H-pyrrole nitrogens is 1. The average molecular weight is 489 g/mol. The minimum Gasteiger partial charge on any atom is -0.508 e. The lowest BCUT2D eigenvalue weighted by atomic mass is 10.0. The summed E-state index contributed by atoms with van der Waals surface area (Å²) in [5.74, 6) is -4.41. The fraction of sp³-hybridized carbons (Fsp3) is 0.333. The van der Waals surface area contributed by atoms with Gasteiger partial charge in [-0.15, -0.1) is 0 Å². The lowest BCUT2D eigenvalue weighted by molar-refractivity contribution is -0.142. The molecule has 0 radical (unpaired) electrons. The van der Waals surface area contributed by atoms with Crippen LogP contribution in [0.5, 0.6) is 5.75 Å². The lowest BCUT2D eigenvalue weighted by Crippen LogP contribution is -2.55. The molecule has 1 heterocycles. The van der Waals surface area contributed by atoms with Gasteiger partial charge in [-0.3, -0.25) is 19.2 Å². The summed E-state index contributed by atoms with van der Waals surface area (Å²) in [5, 5.41) is 26.0. The molecule has 2 rings (SSSR count). The second-order valence-electron chi connectivity index (χ2n) is 7.67. The van der Waals surface area contributed by atoms with Gasteiger partial charge in [0.1, 0.15) is 17.8 Å². The lowest BCUT2D eigenvalue weighted by Gasteiger charge is -2.22. The van der Waals surface area contributed by atoms with E-state index in [1.165, 1.54) is 36.8 Å². The Kier molecular flexibility index (Phi) is 9.71. The van der Waals surface area contributed by atoms with Crippen LogP contribution >= 0.6 is 0 Å². The van der Waals surface area contributed by atoms with E-state index in [0.29, 0.717) is 11.3 Å². The van der Waals surface area contributed by atoms with Gasteiger partial charge >= 0.3 is 5.97 Å². The number of hydrogen-bond acceptors (Lipinski definition) is 8. The van der Waals surface area contributed by atoms with E-state index < -0.39 is 60.7 Å². The molecule has 0 spiro atoms. The van der Waals surface area contributed by atoms with Gasteiger partial charge in [0, 0.05) is 24.7 Å². The molecule has 0 aliphatic carbocycles. The molecular weight excluding hydrogens is 462 g/mol. The number of phenols is 1. The summed E-state index contributed by atoms with van der Waals surface area (Å²) < 4.78 is 0. The van der Waals surface area contributed by atoms with E-state index in [-0.39, 0.29) is 18.6 Å². The standard InChI is InChI=1S/C21H27N7O7/c22-14(7-17(23)30)19(32)25-9-18(31)27-15(5-11-1-3-13(29)4-2-11)20(33)28-16(21(34)35)6-12-8-24-10-26-12/h1-4,8,10,14-16,29H,5-7,9,22H2,(H2,23,30)(H,24,26)(H,25,32)(H,27,31)(H,28,33)(H,34,35). The van der Waals surface area contributed by atoms with Crippen LogP contribution in [0.3, 0.4) is 0 Å². The summed E-state index contributed by atoms with van der Waals surface area (Å²) in [7, 11) is 0. The number of rotatable bonds is 13. The zero-order valence-electron chi connectivity index (χ0n) is 18.6. The summed E-state index contributed by atoms with van der Waals surface area (Å²) in [6, 6.07) is 2.09. The quantitative estimate of drug-likeness (QED) is 0.145. The number of phenolic OH excluding ortho intramolecular Hbond substituents is 1. The predicted molar refractivity (Wildman–Crippen MR) is 120 cm³/mol. The van der Waals surface area contributed by atoms with Gasteiger partial charge in [-0.1, -0.05) is 12.1 Å². The Morgan fingerprint density at radius 3 is 2.26 bits per heavy atom. The Morgan fingerprint density at radius 1 is 1.00 bits per heavy atom. The molecule has 3 atom stereocenters. The highest BCUT2D eigenvalue weighted by Gasteiger charge is 2.28. The molecule has 0 saturated heterocycles. The van der Waals surface area contributed by atoms with Crippen molar-refractivity contribution in [2.75, 3.05) is 6.54 Å². The number of carbonyl (C=O) groups is 5. The number of nitrogens with two attached hydrogens (primary N) is 2. The zero-order valence-corrected chi connectivity index (χ0v) is 18.6. The molecule has 0 aliphatic rings. The molecule has 1 aromatic heterocycles. The summed E-state index contributed by atoms with van der Waals surface area (Å²) in [6.45, 7) is -0.554. The number of benzene rings is 1. The number of carbonyl (C=O) groups excluding carboxylic acids is 4. The number of primary amides is 1. The number of carboxylic acid groups (broad SMARTS) is 1. The van der Waals surface area contributed by atoms with Crippen molar-refractivity contribution in [1.29, 1.82) is 0 Å². The molecule has 0 bridgehead atoms. The molecule has 3 unspecified atom stereocenters. The monoisotopic (exact) mass is 489 g/mol. The Morgan fingerprint density at radius 2 is 1.69 bits per heavy atom. The Balaban J connectivity index is 2.08. The first-order valence-corrected chi connectivity index (χ1v) is 10.4. The number of nitrogens with zero attached hydrogens (tertiary/aromatic N) is 1. The summed E-state index contributed by atoms with van der Waals surface area (Å²) in [4.78, 5) is 66.4. The van der Waals surface area contributed by atoms with Crippen LogP contribution in [0.2, 0.25) is 0 Å². The predicted octanol–water partition coefficient (Wildman–Crippen LogP) is -2.73. The first-order valence-electron chi connectivity index (χ1n) is 10.4.